The number of hydrogen-bond donors (Lipinski definition) is 1. The van der Waals surface area contributed by atoms with Gasteiger partial charge in [-0.25, -0.2) is 4.98 Å². The third kappa shape index (κ3) is 1.52. The average molecular weight is 226 g/mol. The molecule has 1 aromatic carbocycles. The van der Waals surface area contributed by atoms with Crippen LogP contribution in [0.2, 0.25) is 0 Å². The third-order valence-electron chi connectivity index (χ3n) is 2.71. The predicted octanol–water partition coefficient (Wildman–Crippen LogP) is 1.19. The molecular weight excluding hydrogens is 216 g/mol. The van der Waals surface area contributed by atoms with Crippen molar-refractivity contribution in [3.8, 4) is 0 Å². The zero-order chi connectivity index (χ0) is 11.8. The van der Waals surface area contributed by atoms with Crippen molar-refractivity contribution >= 4 is 29.4 Å². The van der Waals surface area contributed by atoms with Gasteiger partial charge in [0.15, 0.2) is 0 Å². The maximum atomic E-state index is 11.2. The molecular formula is C12H10N4O. The second kappa shape index (κ2) is 3.55. The fraction of sp³-hybridized carbons (Fsp3) is 0.0833. The second-order valence-corrected chi connectivity index (χ2v) is 3.80. The number of allylic oxidation sites excluding steroid dienone is 1. The molecule has 0 radical (unpaired) electrons. The van der Waals surface area contributed by atoms with Crippen molar-refractivity contribution in [2.45, 2.75) is 6.54 Å². The summed E-state index contributed by atoms with van der Waals surface area (Å²) in [6.07, 6.45) is 5.46. The van der Waals surface area contributed by atoms with Gasteiger partial charge in [0, 0.05) is 18.0 Å². The van der Waals surface area contributed by atoms with Gasteiger partial charge in [-0.2, -0.15) is 0 Å². The van der Waals surface area contributed by atoms with Crippen LogP contribution >= 0.6 is 0 Å². The summed E-state index contributed by atoms with van der Waals surface area (Å²) in [7, 11) is 0. The fourth-order valence-electron chi connectivity index (χ4n) is 1.89. The Morgan fingerprint density at radius 1 is 1.41 bits per heavy atom. The summed E-state index contributed by atoms with van der Waals surface area (Å²) in [4.78, 5) is 19.8. The van der Waals surface area contributed by atoms with Crippen LogP contribution in [0.4, 0.5) is 0 Å². The van der Waals surface area contributed by atoms with Crippen molar-refractivity contribution in [1.82, 2.24) is 9.55 Å². The molecule has 1 aromatic heterocycles. The van der Waals surface area contributed by atoms with Crippen LogP contribution in [0.5, 0.6) is 0 Å². The molecule has 0 unspecified atom stereocenters. The smallest absolute Gasteiger partial charge is 0.248 e. The number of rotatable bonds is 1. The SMILES string of the molecule is NC(=O)c1ccc2nc3n(c2c1)C=CC=NC3. The lowest BCUT2D eigenvalue weighted by molar-refractivity contribution is 0.100. The molecule has 0 saturated carbocycles. The molecule has 1 aliphatic heterocycles. The minimum Gasteiger partial charge on any atom is -0.366 e. The molecule has 2 aromatic rings. The van der Waals surface area contributed by atoms with Crippen molar-refractivity contribution in [2.75, 3.05) is 0 Å². The van der Waals surface area contributed by atoms with Crippen LogP contribution in [0.1, 0.15) is 16.2 Å². The molecule has 5 heteroatoms. The summed E-state index contributed by atoms with van der Waals surface area (Å²) in [6, 6.07) is 5.24. The van der Waals surface area contributed by atoms with Crippen molar-refractivity contribution in [3.63, 3.8) is 0 Å². The lowest BCUT2D eigenvalue weighted by Gasteiger charge is -2.00. The molecule has 2 N–H and O–H groups in total. The van der Waals surface area contributed by atoms with Crippen molar-refractivity contribution in [2.24, 2.45) is 10.7 Å². The minimum absolute atomic E-state index is 0.434. The second-order valence-electron chi connectivity index (χ2n) is 3.80. The van der Waals surface area contributed by atoms with Gasteiger partial charge >= 0.3 is 0 Å². The summed E-state index contributed by atoms with van der Waals surface area (Å²) in [5.41, 5.74) is 7.47. The van der Waals surface area contributed by atoms with E-state index >= 15 is 0 Å². The van der Waals surface area contributed by atoms with E-state index in [1.165, 1.54) is 0 Å². The Balaban J connectivity index is 2.28. The van der Waals surface area contributed by atoms with Crippen molar-refractivity contribution in [1.29, 1.82) is 0 Å². The van der Waals surface area contributed by atoms with E-state index in [1.807, 2.05) is 16.8 Å². The van der Waals surface area contributed by atoms with Gasteiger partial charge in [-0.1, -0.05) is 0 Å². The normalized spacial score (nSPS) is 13.6. The van der Waals surface area contributed by atoms with Gasteiger partial charge in [-0.3, -0.25) is 9.79 Å². The molecule has 0 aliphatic carbocycles. The van der Waals surface area contributed by atoms with E-state index in [9.17, 15) is 4.79 Å². The Morgan fingerprint density at radius 2 is 2.29 bits per heavy atom. The Hall–Kier alpha value is -2.43. The highest BCUT2D eigenvalue weighted by Crippen LogP contribution is 2.19. The predicted molar refractivity (Wildman–Crippen MR) is 65.8 cm³/mol. The zero-order valence-electron chi connectivity index (χ0n) is 9.00. The lowest BCUT2D eigenvalue weighted by atomic mass is 10.2. The van der Waals surface area contributed by atoms with E-state index in [-0.39, 0.29) is 0 Å². The van der Waals surface area contributed by atoms with E-state index in [0.29, 0.717) is 12.1 Å². The molecule has 1 amide bonds. The highest BCUT2D eigenvalue weighted by molar-refractivity contribution is 5.96. The van der Waals surface area contributed by atoms with Crippen molar-refractivity contribution in [3.05, 3.63) is 35.7 Å². The number of nitrogens with zero attached hydrogens (tertiary/aromatic N) is 3. The first-order valence-electron chi connectivity index (χ1n) is 5.23. The number of carbonyl (C=O) groups excluding carboxylic acids is 1. The molecule has 17 heavy (non-hydrogen) atoms. The Bertz CT molecular complexity index is 666. The number of nitrogens with two attached hydrogens (primary N) is 1. The Morgan fingerprint density at radius 3 is 3.12 bits per heavy atom. The highest BCUT2D eigenvalue weighted by atomic mass is 16.1. The maximum Gasteiger partial charge on any atom is 0.248 e. The first-order valence-corrected chi connectivity index (χ1v) is 5.23. The topological polar surface area (TPSA) is 73.3 Å². The molecule has 3 rings (SSSR count). The first-order chi connectivity index (χ1) is 8.25. The largest absolute Gasteiger partial charge is 0.366 e. The van der Waals surface area contributed by atoms with Crippen LogP contribution < -0.4 is 5.73 Å². The molecule has 0 spiro atoms. The number of benzene rings is 1. The van der Waals surface area contributed by atoms with Crippen LogP contribution in [0.3, 0.4) is 0 Å². The van der Waals surface area contributed by atoms with Gasteiger partial charge in [0.25, 0.3) is 0 Å². The third-order valence-corrected chi connectivity index (χ3v) is 2.71. The molecule has 84 valence electrons. The zero-order valence-corrected chi connectivity index (χ0v) is 9.00. The number of fused-ring (bicyclic) bond motifs is 3. The summed E-state index contributed by atoms with van der Waals surface area (Å²) in [5.74, 6) is 0.419. The highest BCUT2D eigenvalue weighted by Gasteiger charge is 2.11. The maximum absolute atomic E-state index is 11.2. The quantitative estimate of drug-likeness (QED) is 0.793. The number of imidazole rings is 1. The standard InChI is InChI=1S/C12H10N4O/c13-12(17)8-2-3-9-10(6-8)16-5-1-4-14-7-11(16)15-9/h1-6H,7H2,(H2,13,17). The van der Waals surface area contributed by atoms with E-state index in [1.54, 1.807) is 24.4 Å². The number of hydrogen-bond acceptors (Lipinski definition) is 3. The molecule has 1 aliphatic rings. The molecule has 2 heterocycles. The fourth-order valence-corrected chi connectivity index (χ4v) is 1.89. The number of amides is 1. The van der Waals surface area contributed by atoms with Crippen LogP contribution in [-0.4, -0.2) is 21.7 Å². The Kier molecular flexibility index (Phi) is 2.04. The molecule has 0 saturated heterocycles. The van der Waals surface area contributed by atoms with Gasteiger partial charge in [-0.15, -0.1) is 0 Å². The van der Waals surface area contributed by atoms with Gasteiger partial charge in [0.2, 0.25) is 5.91 Å². The van der Waals surface area contributed by atoms with Gasteiger partial charge in [0.1, 0.15) is 5.82 Å². The monoisotopic (exact) mass is 226 g/mol. The van der Waals surface area contributed by atoms with Crippen LogP contribution in [0.15, 0.2) is 29.3 Å². The number of aromatic nitrogens is 2. The van der Waals surface area contributed by atoms with Gasteiger partial charge in [0.05, 0.1) is 17.6 Å². The van der Waals surface area contributed by atoms with Crippen LogP contribution in [0.25, 0.3) is 17.2 Å². The van der Waals surface area contributed by atoms with Gasteiger partial charge in [-0.05, 0) is 24.3 Å². The van der Waals surface area contributed by atoms with E-state index in [2.05, 4.69) is 9.98 Å². The summed E-state index contributed by atoms with van der Waals surface area (Å²) >= 11 is 0. The summed E-state index contributed by atoms with van der Waals surface area (Å²) in [5, 5.41) is 0. The molecule has 0 atom stereocenters. The molecule has 5 nitrogen and oxygen atoms in total. The number of aliphatic imine (C=N–C) groups is 1. The van der Waals surface area contributed by atoms with E-state index in [4.69, 9.17) is 5.73 Å². The van der Waals surface area contributed by atoms with Crippen LogP contribution in [0, 0.1) is 0 Å². The summed E-state index contributed by atoms with van der Waals surface area (Å²) in [6.45, 7) is 0.535. The molecule has 0 fully saturated rings. The lowest BCUT2D eigenvalue weighted by Crippen LogP contribution is -2.10. The average Bonchev–Trinajstić information content (AvgIpc) is 2.51. The Labute approximate surface area is 97.3 Å². The van der Waals surface area contributed by atoms with E-state index < -0.39 is 5.91 Å². The van der Waals surface area contributed by atoms with Crippen molar-refractivity contribution < 1.29 is 4.79 Å². The van der Waals surface area contributed by atoms with Crippen LogP contribution in [-0.2, 0) is 6.54 Å². The number of primary amides is 1. The summed E-state index contributed by atoms with van der Waals surface area (Å²) < 4.78 is 1.93. The van der Waals surface area contributed by atoms with E-state index in [0.717, 1.165) is 16.9 Å². The number of carbonyl (C=O) groups is 1. The van der Waals surface area contributed by atoms with Gasteiger partial charge < -0.3 is 10.3 Å². The first kappa shape index (κ1) is 9.77. The minimum atomic E-state index is -0.434. The molecule has 0 bridgehead atoms.